The fourth-order valence-corrected chi connectivity index (χ4v) is 4.61. The largest absolute Gasteiger partial charge is 0.468 e. The number of piperidine rings is 1. The summed E-state index contributed by atoms with van der Waals surface area (Å²) in [6, 6.07) is 6.76. The van der Waals surface area contributed by atoms with E-state index in [1.807, 2.05) is 18.2 Å². The van der Waals surface area contributed by atoms with Gasteiger partial charge in [-0.05, 0) is 50.5 Å². The van der Waals surface area contributed by atoms with Crippen LogP contribution in [0.25, 0.3) is 0 Å². The smallest absolute Gasteiger partial charge is 0.323 e. The highest BCUT2D eigenvalue weighted by atomic mass is 35.5. The molecule has 1 aliphatic carbocycles. The van der Waals surface area contributed by atoms with E-state index in [1.54, 1.807) is 6.07 Å². The number of carbonyl (C=O) groups excluding carboxylic acids is 2. The van der Waals surface area contributed by atoms with Gasteiger partial charge < -0.3 is 15.2 Å². The Labute approximate surface area is 171 Å². The zero-order valence-electron chi connectivity index (χ0n) is 16.3. The summed E-state index contributed by atoms with van der Waals surface area (Å²) in [5, 5.41) is 0.560. The molecule has 0 amide bonds. The Morgan fingerprint density at radius 1 is 1.25 bits per heavy atom. The zero-order chi connectivity index (χ0) is 20.1. The van der Waals surface area contributed by atoms with E-state index in [0.29, 0.717) is 36.2 Å². The summed E-state index contributed by atoms with van der Waals surface area (Å²) in [5.41, 5.74) is 6.74. The van der Waals surface area contributed by atoms with Gasteiger partial charge >= 0.3 is 11.9 Å². The molecule has 7 heteroatoms. The second-order valence-electron chi connectivity index (χ2n) is 7.81. The summed E-state index contributed by atoms with van der Waals surface area (Å²) in [6.07, 6.45) is 5.37. The van der Waals surface area contributed by atoms with Gasteiger partial charge in [0.15, 0.2) is 0 Å². The topological polar surface area (TPSA) is 81.9 Å². The Hall–Kier alpha value is -1.63. The van der Waals surface area contributed by atoms with Crippen LogP contribution in [0.1, 0.15) is 44.1 Å². The third-order valence-corrected chi connectivity index (χ3v) is 6.32. The van der Waals surface area contributed by atoms with E-state index in [2.05, 4.69) is 4.90 Å². The monoisotopic (exact) mass is 408 g/mol. The maximum Gasteiger partial charge on any atom is 0.323 e. The van der Waals surface area contributed by atoms with Gasteiger partial charge in [-0.15, -0.1) is 0 Å². The predicted molar refractivity (Wildman–Crippen MR) is 107 cm³/mol. The Morgan fingerprint density at radius 2 is 2.04 bits per heavy atom. The molecule has 3 rings (SSSR count). The number of nitrogens with zero attached hydrogens (tertiary/aromatic N) is 1. The number of methoxy groups -OCH3 is 1. The second kappa shape index (κ2) is 9.72. The lowest BCUT2D eigenvalue weighted by atomic mass is 10.0. The third kappa shape index (κ3) is 5.04. The molecule has 2 aliphatic rings. The van der Waals surface area contributed by atoms with E-state index in [-0.39, 0.29) is 18.6 Å². The molecule has 154 valence electrons. The van der Waals surface area contributed by atoms with E-state index >= 15 is 0 Å². The molecule has 2 fully saturated rings. The maximum atomic E-state index is 12.3. The minimum absolute atomic E-state index is 0.105. The number of nitrogens with two attached hydrogens (primary N) is 1. The van der Waals surface area contributed by atoms with Crippen LogP contribution in [0, 0.1) is 5.92 Å². The molecule has 1 heterocycles. The van der Waals surface area contributed by atoms with E-state index < -0.39 is 12.0 Å². The first-order valence-electron chi connectivity index (χ1n) is 9.98. The Kier molecular flexibility index (Phi) is 7.32. The number of rotatable bonds is 9. The molecule has 1 saturated carbocycles. The summed E-state index contributed by atoms with van der Waals surface area (Å²) in [6.45, 7) is 1.07. The fourth-order valence-electron chi connectivity index (χ4n) is 4.42. The predicted octanol–water partition coefficient (Wildman–Crippen LogP) is 2.91. The number of esters is 2. The molecule has 4 unspecified atom stereocenters. The van der Waals surface area contributed by atoms with Gasteiger partial charge in [-0.25, -0.2) is 0 Å². The van der Waals surface area contributed by atoms with Gasteiger partial charge in [0, 0.05) is 23.2 Å². The van der Waals surface area contributed by atoms with Gasteiger partial charge in [-0.3, -0.25) is 14.5 Å². The quantitative estimate of drug-likeness (QED) is 0.632. The minimum atomic E-state index is -0.712. The second-order valence-corrected chi connectivity index (χ2v) is 8.21. The lowest BCUT2D eigenvalue weighted by molar-refractivity contribution is -0.148. The highest BCUT2D eigenvalue weighted by Crippen LogP contribution is 2.39. The van der Waals surface area contributed by atoms with Crippen molar-refractivity contribution in [3.63, 3.8) is 0 Å². The standard InChI is InChI=1S/C21H29ClN2O4/c1-27-21(26)19(24-12-14-9-10-16(24)11-14)8-4-7-18(23)20(25)28-13-15-5-2-3-6-17(15)22/h2-3,5-6,14,16,18-19H,4,7-13,23H2,1H3. The number of halogens is 1. The Balaban J connectivity index is 1.44. The lowest BCUT2D eigenvalue weighted by Crippen LogP contribution is -2.46. The molecule has 6 nitrogen and oxygen atoms in total. The third-order valence-electron chi connectivity index (χ3n) is 5.95. The number of hydrogen-bond donors (Lipinski definition) is 1. The molecule has 4 atom stereocenters. The first kappa shape index (κ1) is 21.1. The van der Waals surface area contributed by atoms with Gasteiger partial charge in [-0.1, -0.05) is 29.8 Å². The van der Waals surface area contributed by atoms with E-state index in [1.165, 1.54) is 20.0 Å². The maximum absolute atomic E-state index is 12.3. The van der Waals surface area contributed by atoms with Crippen LogP contribution < -0.4 is 5.73 Å². The number of fused-ring (bicyclic) bond motifs is 2. The van der Waals surface area contributed by atoms with E-state index in [4.69, 9.17) is 26.8 Å². The lowest BCUT2D eigenvalue weighted by Gasteiger charge is -2.33. The summed E-state index contributed by atoms with van der Waals surface area (Å²) < 4.78 is 10.3. The average molecular weight is 409 g/mol. The molecular formula is C21H29ClN2O4. The Morgan fingerprint density at radius 3 is 2.68 bits per heavy atom. The average Bonchev–Trinajstić information content (AvgIpc) is 3.33. The zero-order valence-corrected chi connectivity index (χ0v) is 17.1. The number of likely N-dealkylation sites (tertiary alicyclic amines) is 1. The number of hydrogen-bond acceptors (Lipinski definition) is 6. The van der Waals surface area contributed by atoms with Crippen molar-refractivity contribution in [2.75, 3.05) is 13.7 Å². The molecule has 1 aliphatic heterocycles. The van der Waals surface area contributed by atoms with E-state index in [9.17, 15) is 9.59 Å². The van der Waals surface area contributed by atoms with Crippen molar-refractivity contribution in [2.45, 2.75) is 63.3 Å². The molecule has 1 aromatic rings. The van der Waals surface area contributed by atoms with Gasteiger partial charge in [0.1, 0.15) is 18.7 Å². The van der Waals surface area contributed by atoms with Crippen LogP contribution in [0.5, 0.6) is 0 Å². The van der Waals surface area contributed by atoms with Crippen molar-refractivity contribution in [2.24, 2.45) is 11.7 Å². The van der Waals surface area contributed by atoms with Crippen molar-refractivity contribution < 1.29 is 19.1 Å². The molecule has 0 radical (unpaired) electrons. The molecule has 0 aromatic heterocycles. The molecule has 1 saturated heterocycles. The Bertz CT molecular complexity index is 699. The van der Waals surface area contributed by atoms with Gasteiger partial charge in [0.2, 0.25) is 0 Å². The molecule has 2 bridgehead atoms. The van der Waals surface area contributed by atoms with Gasteiger partial charge in [-0.2, -0.15) is 0 Å². The number of benzene rings is 1. The van der Waals surface area contributed by atoms with Gasteiger partial charge in [0.25, 0.3) is 0 Å². The highest BCUT2D eigenvalue weighted by Gasteiger charge is 2.43. The molecule has 2 N–H and O–H groups in total. The summed E-state index contributed by atoms with van der Waals surface area (Å²) in [4.78, 5) is 26.7. The van der Waals surface area contributed by atoms with Crippen LogP contribution in [0.3, 0.4) is 0 Å². The normalized spacial score (nSPS) is 23.4. The molecular weight excluding hydrogens is 380 g/mol. The first-order chi connectivity index (χ1) is 13.5. The van der Waals surface area contributed by atoms with Crippen LogP contribution in [0.2, 0.25) is 5.02 Å². The van der Waals surface area contributed by atoms with Crippen LogP contribution in [0.4, 0.5) is 0 Å². The van der Waals surface area contributed by atoms with Crippen molar-refractivity contribution in [3.8, 4) is 0 Å². The molecule has 0 spiro atoms. The van der Waals surface area contributed by atoms with Crippen LogP contribution in [0.15, 0.2) is 24.3 Å². The SMILES string of the molecule is COC(=O)C(CCCC(N)C(=O)OCc1ccccc1Cl)N1CC2CCC1C2. The van der Waals surface area contributed by atoms with Crippen LogP contribution in [-0.4, -0.2) is 48.6 Å². The number of ether oxygens (including phenoxy) is 2. The molecule has 28 heavy (non-hydrogen) atoms. The van der Waals surface area contributed by atoms with E-state index in [0.717, 1.165) is 18.5 Å². The summed E-state index contributed by atoms with van der Waals surface area (Å²) >= 11 is 6.07. The number of carbonyl (C=O) groups is 2. The first-order valence-corrected chi connectivity index (χ1v) is 10.4. The van der Waals surface area contributed by atoms with Crippen molar-refractivity contribution in [1.82, 2.24) is 4.90 Å². The van der Waals surface area contributed by atoms with Crippen LogP contribution in [-0.2, 0) is 25.7 Å². The summed E-state index contributed by atoms with van der Waals surface area (Å²) in [5.74, 6) is 0.0661. The van der Waals surface area contributed by atoms with Crippen molar-refractivity contribution in [1.29, 1.82) is 0 Å². The van der Waals surface area contributed by atoms with Gasteiger partial charge in [0.05, 0.1) is 7.11 Å². The summed E-state index contributed by atoms with van der Waals surface area (Å²) in [7, 11) is 1.43. The fraction of sp³-hybridized carbons (Fsp3) is 0.619. The minimum Gasteiger partial charge on any atom is -0.468 e. The van der Waals surface area contributed by atoms with Crippen LogP contribution >= 0.6 is 11.6 Å². The van der Waals surface area contributed by atoms with Crippen molar-refractivity contribution >= 4 is 23.5 Å². The highest BCUT2D eigenvalue weighted by molar-refractivity contribution is 6.31. The molecule has 1 aromatic carbocycles. The van der Waals surface area contributed by atoms with Crippen molar-refractivity contribution in [3.05, 3.63) is 34.9 Å².